The Morgan fingerprint density at radius 3 is 2.70 bits per heavy atom. The predicted molar refractivity (Wildman–Crippen MR) is 111 cm³/mol. The van der Waals surface area contributed by atoms with Gasteiger partial charge in [-0.2, -0.15) is 0 Å². The van der Waals surface area contributed by atoms with Crippen molar-refractivity contribution in [2.75, 3.05) is 14.2 Å². The smallest absolute Gasteiger partial charge is 0.258 e. The van der Waals surface area contributed by atoms with Crippen LogP contribution in [0.25, 0.3) is 11.1 Å². The number of fused-ring (bicyclic) bond motifs is 1. The van der Waals surface area contributed by atoms with Crippen LogP contribution in [-0.2, 0) is 13.1 Å². The Labute approximate surface area is 177 Å². The van der Waals surface area contributed by atoms with Crippen LogP contribution >= 0.6 is 11.6 Å². The highest BCUT2D eigenvalue weighted by Gasteiger charge is 2.23. The van der Waals surface area contributed by atoms with E-state index in [2.05, 4.69) is 4.98 Å². The third-order valence-electron chi connectivity index (χ3n) is 4.57. The molecule has 0 radical (unpaired) electrons. The van der Waals surface area contributed by atoms with Crippen molar-refractivity contribution in [2.24, 2.45) is 0 Å². The summed E-state index contributed by atoms with van der Waals surface area (Å²) in [4.78, 5) is 19.4. The number of carbonyl (C=O) groups is 1. The van der Waals surface area contributed by atoms with Crippen LogP contribution < -0.4 is 9.47 Å². The minimum Gasteiger partial charge on any atom is -0.497 e. The normalized spacial score (nSPS) is 10.9. The highest BCUT2D eigenvalue weighted by Crippen LogP contribution is 2.27. The molecule has 7 nitrogen and oxygen atoms in total. The maximum atomic E-state index is 13.4. The highest BCUT2D eigenvalue weighted by molar-refractivity contribution is 6.31. The van der Waals surface area contributed by atoms with E-state index in [1.807, 2.05) is 0 Å². The summed E-state index contributed by atoms with van der Waals surface area (Å²) in [7, 11) is 3.06. The van der Waals surface area contributed by atoms with Crippen LogP contribution in [0.2, 0.25) is 5.02 Å². The van der Waals surface area contributed by atoms with Crippen molar-refractivity contribution in [1.29, 1.82) is 0 Å². The largest absolute Gasteiger partial charge is 0.497 e. The number of oxazole rings is 1. The lowest BCUT2D eigenvalue weighted by Gasteiger charge is -2.21. The number of benzene rings is 2. The highest BCUT2D eigenvalue weighted by atomic mass is 35.5. The monoisotopic (exact) mass is 426 g/mol. The van der Waals surface area contributed by atoms with E-state index in [4.69, 9.17) is 29.9 Å². The van der Waals surface area contributed by atoms with Gasteiger partial charge in [0.15, 0.2) is 5.58 Å². The van der Waals surface area contributed by atoms with Crippen molar-refractivity contribution in [2.45, 2.75) is 13.1 Å². The first-order chi connectivity index (χ1) is 14.6. The maximum absolute atomic E-state index is 13.4. The standard InChI is InChI=1S/C22H19ClN2O5/c1-27-15-6-7-17(20(11-15)28-2)22(26)25(12-16-4-3-9-29-16)13-21-24-18-10-14(23)5-8-19(18)30-21/h3-11H,12-13H2,1-2H3. The number of rotatable bonds is 7. The molecule has 0 aliphatic heterocycles. The molecule has 0 saturated carbocycles. The number of hydrogen-bond acceptors (Lipinski definition) is 6. The zero-order valence-corrected chi connectivity index (χ0v) is 17.2. The van der Waals surface area contributed by atoms with Gasteiger partial charge < -0.3 is 23.2 Å². The van der Waals surface area contributed by atoms with Crippen LogP contribution in [0.15, 0.2) is 63.6 Å². The summed E-state index contributed by atoms with van der Waals surface area (Å²) < 4.78 is 21.9. The summed E-state index contributed by atoms with van der Waals surface area (Å²) >= 11 is 6.03. The maximum Gasteiger partial charge on any atom is 0.258 e. The number of furan rings is 1. The summed E-state index contributed by atoms with van der Waals surface area (Å²) in [6, 6.07) is 13.8. The van der Waals surface area contributed by atoms with Crippen LogP contribution in [0.3, 0.4) is 0 Å². The second-order valence-corrected chi connectivity index (χ2v) is 6.96. The Bertz CT molecular complexity index is 1170. The Balaban J connectivity index is 1.67. The fourth-order valence-electron chi connectivity index (χ4n) is 3.11. The number of ether oxygens (including phenoxy) is 2. The summed E-state index contributed by atoms with van der Waals surface area (Å²) in [5.41, 5.74) is 1.62. The van der Waals surface area contributed by atoms with Gasteiger partial charge in [0.05, 0.1) is 39.1 Å². The van der Waals surface area contributed by atoms with Gasteiger partial charge in [-0.1, -0.05) is 11.6 Å². The molecule has 30 heavy (non-hydrogen) atoms. The summed E-state index contributed by atoms with van der Waals surface area (Å²) in [6.07, 6.45) is 1.56. The number of carbonyl (C=O) groups excluding carboxylic acids is 1. The van der Waals surface area contributed by atoms with E-state index in [9.17, 15) is 4.79 Å². The molecule has 2 aromatic heterocycles. The van der Waals surface area contributed by atoms with Gasteiger partial charge in [0, 0.05) is 11.1 Å². The Hall–Kier alpha value is -3.45. The minimum absolute atomic E-state index is 0.140. The Morgan fingerprint density at radius 1 is 1.10 bits per heavy atom. The van der Waals surface area contributed by atoms with Crippen LogP contribution in [0.1, 0.15) is 22.0 Å². The van der Waals surface area contributed by atoms with E-state index in [0.717, 1.165) is 0 Å². The third kappa shape index (κ3) is 4.11. The number of aromatic nitrogens is 1. The summed E-state index contributed by atoms with van der Waals surface area (Å²) in [6.45, 7) is 0.377. The molecular formula is C22H19ClN2O5. The van der Waals surface area contributed by atoms with Gasteiger partial charge >= 0.3 is 0 Å². The number of nitrogens with zero attached hydrogens (tertiary/aromatic N) is 2. The first kappa shape index (κ1) is 19.8. The molecule has 154 valence electrons. The third-order valence-corrected chi connectivity index (χ3v) is 4.81. The fraction of sp³-hybridized carbons (Fsp3) is 0.182. The molecule has 0 atom stereocenters. The van der Waals surface area contributed by atoms with Gasteiger partial charge in [-0.25, -0.2) is 4.98 Å². The molecule has 1 amide bonds. The minimum atomic E-state index is -0.258. The van der Waals surface area contributed by atoms with E-state index >= 15 is 0 Å². The molecule has 2 heterocycles. The van der Waals surface area contributed by atoms with E-state index in [1.54, 1.807) is 66.8 Å². The first-order valence-corrected chi connectivity index (χ1v) is 9.54. The van der Waals surface area contributed by atoms with Gasteiger partial charge in [0.2, 0.25) is 5.89 Å². The molecule has 0 unspecified atom stereocenters. The van der Waals surface area contributed by atoms with Crippen molar-refractivity contribution >= 4 is 28.6 Å². The lowest BCUT2D eigenvalue weighted by Crippen LogP contribution is -2.30. The van der Waals surface area contributed by atoms with Crippen molar-refractivity contribution in [3.8, 4) is 11.5 Å². The molecule has 2 aromatic carbocycles. The molecule has 8 heteroatoms. The quantitative estimate of drug-likeness (QED) is 0.416. The SMILES string of the molecule is COc1ccc(C(=O)N(Cc2ccco2)Cc2nc3cc(Cl)ccc3o2)c(OC)c1. The van der Waals surface area contributed by atoms with Crippen molar-refractivity contribution < 1.29 is 23.1 Å². The molecule has 0 fully saturated rings. The van der Waals surface area contributed by atoms with Crippen LogP contribution in [0.4, 0.5) is 0 Å². The number of halogens is 1. The molecule has 0 N–H and O–H groups in total. The van der Waals surface area contributed by atoms with Crippen molar-refractivity contribution in [1.82, 2.24) is 9.88 Å². The molecule has 0 bridgehead atoms. The topological polar surface area (TPSA) is 77.9 Å². The Kier molecular flexibility index (Phi) is 5.63. The first-order valence-electron chi connectivity index (χ1n) is 9.16. The van der Waals surface area contributed by atoms with Crippen molar-refractivity contribution in [3.63, 3.8) is 0 Å². The lowest BCUT2D eigenvalue weighted by atomic mass is 10.1. The van der Waals surface area contributed by atoms with Gasteiger partial charge in [-0.15, -0.1) is 0 Å². The van der Waals surface area contributed by atoms with Crippen LogP contribution in [0.5, 0.6) is 11.5 Å². The fourth-order valence-corrected chi connectivity index (χ4v) is 3.28. The predicted octanol–water partition coefficient (Wildman–Crippen LogP) is 4.93. The number of amides is 1. The van der Waals surface area contributed by atoms with E-state index in [-0.39, 0.29) is 19.0 Å². The van der Waals surface area contributed by atoms with Gasteiger partial charge in [-0.3, -0.25) is 4.79 Å². The van der Waals surface area contributed by atoms with E-state index in [0.29, 0.717) is 44.8 Å². The summed E-state index contributed by atoms with van der Waals surface area (Å²) in [5.74, 6) is 1.77. The number of hydrogen-bond donors (Lipinski definition) is 0. The number of methoxy groups -OCH3 is 2. The molecular weight excluding hydrogens is 408 g/mol. The van der Waals surface area contributed by atoms with Crippen LogP contribution in [0, 0.1) is 0 Å². The zero-order valence-electron chi connectivity index (χ0n) is 16.4. The molecule has 4 rings (SSSR count). The second-order valence-electron chi connectivity index (χ2n) is 6.53. The Morgan fingerprint density at radius 2 is 1.97 bits per heavy atom. The van der Waals surface area contributed by atoms with Gasteiger partial charge in [-0.05, 0) is 42.5 Å². The molecule has 0 saturated heterocycles. The molecule has 0 spiro atoms. The van der Waals surface area contributed by atoms with E-state index < -0.39 is 0 Å². The van der Waals surface area contributed by atoms with Crippen molar-refractivity contribution in [3.05, 3.63) is 77.0 Å². The van der Waals surface area contributed by atoms with Gasteiger partial charge in [0.25, 0.3) is 5.91 Å². The lowest BCUT2D eigenvalue weighted by molar-refractivity contribution is 0.0699. The molecule has 0 aliphatic rings. The summed E-state index contributed by atoms with van der Waals surface area (Å²) in [5, 5.41) is 0.564. The molecule has 0 aliphatic carbocycles. The zero-order chi connectivity index (χ0) is 21.1. The average Bonchev–Trinajstić information content (AvgIpc) is 3.41. The second kappa shape index (κ2) is 8.51. The van der Waals surface area contributed by atoms with Crippen LogP contribution in [-0.4, -0.2) is 30.0 Å². The average molecular weight is 427 g/mol. The van der Waals surface area contributed by atoms with Gasteiger partial charge in [0.1, 0.15) is 22.8 Å². The molecule has 4 aromatic rings. The van der Waals surface area contributed by atoms with E-state index in [1.165, 1.54) is 7.11 Å².